The molecule has 0 spiro atoms. The lowest BCUT2D eigenvalue weighted by molar-refractivity contribution is 0.0812. The Kier molecular flexibility index (Phi) is 3.68. The number of hydrogen-bond donors (Lipinski definition) is 2. The fourth-order valence-electron chi connectivity index (χ4n) is 3.08. The highest BCUT2D eigenvalue weighted by molar-refractivity contribution is 6.31. The number of carbonyl (C=O) groups excluding carboxylic acids is 1. The third kappa shape index (κ3) is 2.54. The van der Waals surface area contributed by atoms with Crippen molar-refractivity contribution in [1.82, 2.24) is 5.32 Å². The van der Waals surface area contributed by atoms with E-state index < -0.39 is 5.54 Å². The van der Waals surface area contributed by atoms with Crippen molar-refractivity contribution in [3.05, 3.63) is 34.5 Å². The highest BCUT2D eigenvalue weighted by Gasteiger charge is 2.36. The fraction of sp³-hybridized carbons (Fsp3) is 0.438. The second kappa shape index (κ2) is 5.35. The number of aliphatic hydroxyl groups is 1. The van der Waals surface area contributed by atoms with Crippen molar-refractivity contribution >= 4 is 28.5 Å². The average Bonchev–Trinajstić information content (AvgIpc) is 3.05. The molecule has 1 aliphatic carbocycles. The Morgan fingerprint density at radius 3 is 2.81 bits per heavy atom. The number of aliphatic hydroxyl groups excluding tert-OH is 1. The van der Waals surface area contributed by atoms with Gasteiger partial charge in [-0.1, -0.05) is 24.4 Å². The van der Waals surface area contributed by atoms with Crippen molar-refractivity contribution in [2.45, 2.75) is 38.1 Å². The summed E-state index contributed by atoms with van der Waals surface area (Å²) in [5, 5.41) is 14.0. The molecule has 0 saturated heterocycles. The van der Waals surface area contributed by atoms with Gasteiger partial charge in [0.1, 0.15) is 5.58 Å². The SMILES string of the molecule is Cc1c(C(=O)NC2(CO)CCCC2)oc2ccc(Cl)cc12. The van der Waals surface area contributed by atoms with Gasteiger partial charge in [-0.2, -0.15) is 0 Å². The first kappa shape index (κ1) is 14.4. The molecule has 3 rings (SSSR count). The van der Waals surface area contributed by atoms with Gasteiger partial charge in [0.05, 0.1) is 12.1 Å². The Hall–Kier alpha value is -1.52. The van der Waals surface area contributed by atoms with Gasteiger partial charge in [0, 0.05) is 16.0 Å². The second-order valence-corrected chi connectivity index (χ2v) is 6.23. The quantitative estimate of drug-likeness (QED) is 0.913. The number of fused-ring (bicyclic) bond motifs is 1. The number of amides is 1. The highest BCUT2D eigenvalue weighted by Crippen LogP contribution is 2.31. The fourth-order valence-corrected chi connectivity index (χ4v) is 3.25. The summed E-state index contributed by atoms with van der Waals surface area (Å²) in [6, 6.07) is 5.30. The molecule has 0 atom stereocenters. The van der Waals surface area contributed by atoms with Gasteiger partial charge < -0.3 is 14.8 Å². The summed E-state index contributed by atoms with van der Waals surface area (Å²) >= 11 is 5.99. The molecule has 4 nitrogen and oxygen atoms in total. The van der Waals surface area contributed by atoms with Crippen molar-refractivity contribution in [3.8, 4) is 0 Å². The Morgan fingerprint density at radius 2 is 2.14 bits per heavy atom. The van der Waals surface area contributed by atoms with Crippen LogP contribution in [0.3, 0.4) is 0 Å². The summed E-state index contributed by atoms with van der Waals surface area (Å²) in [6.45, 7) is 1.81. The molecule has 0 radical (unpaired) electrons. The molecule has 0 bridgehead atoms. The number of aryl methyl sites for hydroxylation is 1. The molecular formula is C16H18ClNO3. The Balaban J connectivity index is 1.93. The number of rotatable bonds is 3. The molecule has 1 aliphatic rings. The minimum absolute atomic E-state index is 0.0379. The standard InChI is InChI=1S/C16H18ClNO3/c1-10-12-8-11(17)4-5-13(12)21-14(10)15(20)18-16(9-19)6-2-3-7-16/h4-5,8,19H,2-3,6-7,9H2,1H3,(H,18,20). The van der Waals surface area contributed by atoms with Gasteiger partial charge in [-0.15, -0.1) is 0 Å². The Morgan fingerprint density at radius 1 is 1.43 bits per heavy atom. The molecule has 1 fully saturated rings. The highest BCUT2D eigenvalue weighted by atomic mass is 35.5. The summed E-state index contributed by atoms with van der Waals surface area (Å²) < 4.78 is 5.66. The van der Waals surface area contributed by atoms with E-state index in [1.54, 1.807) is 18.2 Å². The van der Waals surface area contributed by atoms with Gasteiger partial charge >= 0.3 is 0 Å². The largest absolute Gasteiger partial charge is 0.451 e. The number of halogens is 1. The number of hydrogen-bond acceptors (Lipinski definition) is 3. The first-order valence-electron chi connectivity index (χ1n) is 7.17. The van der Waals surface area contributed by atoms with E-state index in [2.05, 4.69) is 5.32 Å². The molecule has 112 valence electrons. The molecule has 1 saturated carbocycles. The topological polar surface area (TPSA) is 62.5 Å². The van der Waals surface area contributed by atoms with E-state index in [0.29, 0.717) is 16.4 Å². The molecule has 1 aromatic heterocycles. The van der Waals surface area contributed by atoms with Gasteiger partial charge in [-0.05, 0) is 38.0 Å². The predicted molar refractivity (Wildman–Crippen MR) is 81.7 cm³/mol. The number of carbonyl (C=O) groups is 1. The van der Waals surface area contributed by atoms with E-state index in [0.717, 1.165) is 36.6 Å². The molecular weight excluding hydrogens is 290 g/mol. The Bertz CT molecular complexity index is 686. The molecule has 1 heterocycles. The van der Waals surface area contributed by atoms with E-state index in [1.807, 2.05) is 6.92 Å². The zero-order chi connectivity index (χ0) is 15.0. The molecule has 5 heteroatoms. The van der Waals surface area contributed by atoms with Gasteiger partial charge in [-0.25, -0.2) is 0 Å². The van der Waals surface area contributed by atoms with E-state index in [-0.39, 0.29) is 12.5 Å². The summed E-state index contributed by atoms with van der Waals surface area (Å²) in [7, 11) is 0. The molecule has 0 unspecified atom stereocenters. The van der Waals surface area contributed by atoms with Crippen molar-refractivity contribution in [2.24, 2.45) is 0 Å². The smallest absolute Gasteiger partial charge is 0.287 e. The minimum Gasteiger partial charge on any atom is -0.451 e. The Labute approximate surface area is 128 Å². The van der Waals surface area contributed by atoms with Gasteiger partial charge in [0.15, 0.2) is 5.76 Å². The van der Waals surface area contributed by atoms with Crippen LogP contribution in [0.15, 0.2) is 22.6 Å². The molecule has 2 aromatic rings. The van der Waals surface area contributed by atoms with Crippen LogP contribution in [0.25, 0.3) is 11.0 Å². The monoisotopic (exact) mass is 307 g/mol. The van der Waals surface area contributed by atoms with Crippen LogP contribution in [-0.2, 0) is 0 Å². The predicted octanol–water partition coefficient (Wildman–Crippen LogP) is 3.43. The van der Waals surface area contributed by atoms with Gasteiger partial charge in [0.2, 0.25) is 0 Å². The maximum Gasteiger partial charge on any atom is 0.287 e. The van der Waals surface area contributed by atoms with Crippen molar-refractivity contribution in [1.29, 1.82) is 0 Å². The third-order valence-electron chi connectivity index (χ3n) is 4.35. The van der Waals surface area contributed by atoms with E-state index in [1.165, 1.54) is 0 Å². The number of nitrogens with one attached hydrogen (secondary N) is 1. The van der Waals surface area contributed by atoms with Crippen LogP contribution in [-0.4, -0.2) is 23.2 Å². The molecule has 2 N–H and O–H groups in total. The summed E-state index contributed by atoms with van der Waals surface area (Å²) in [4.78, 5) is 12.5. The summed E-state index contributed by atoms with van der Waals surface area (Å²) in [6.07, 6.45) is 3.66. The second-order valence-electron chi connectivity index (χ2n) is 5.80. The van der Waals surface area contributed by atoms with Crippen molar-refractivity contribution in [3.63, 3.8) is 0 Å². The van der Waals surface area contributed by atoms with Crippen LogP contribution in [0.1, 0.15) is 41.8 Å². The lowest BCUT2D eigenvalue weighted by atomic mass is 9.98. The maximum atomic E-state index is 12.5. The first-order valence-corrected chi connectivity index (χ1v) is 7.54. The first-order chi connectivity index (χ1) is 10.0. The van der Waals surface area contributed by atoms with E-state index in [4.69, 9.17) is 16.0 Å². The van der Waals surface area contributed by atoms with Gasteiger partial charge in [-0.3, -0.25) is 4.79 Å². The van der Waals surface area contributed by atoms with Crippen LogP contribution in [0.4, 0.5) is 0 Å². The van der Waals surface area contributed by atoms with Crippen molar-refractivity contribution < 1.29 is 14.3 Å². The zero-order valence-electron chi connectivity index (χ0n) is 11.9. The normalized spacial score (nSPS) is 17.3. The molecule has 1 amide bonds. The average molecular weight is 308 g/mol. The van der Waals surface area contributed by atoms with Crippen molar-refractivity contribution in [2.75, 3.05) is 6.61 Å². The maximum absolute atomic E-state index is 12.5. The summed E-state index contributed by atoms with van der Waals surface area (Å²) in [5.74, 6) is 0.0303. The molecule has 0 aliphatic heterocycles. The van der Waals surface area contributed by atoms with Crippen LogP contribution in [0.5, 0.6) is 0 Å². The minimum atomic E-state index is -0.500. The lowest BCUT2D eigenvalue weighted by Crippen LogP contribution is -2.49. The lowest BCUT2D eigenvalue weighted by Gasteiger charge is -2.27. The molecule has 21 heavy (non-hydrogen) atoms. The van der Waals surface area contributed by atoms with E-state index in [9.17, 15) is 9.90 Å². The zero-order valence-corrected chi connectivity index (χ0v) is 12.7. The summed E-state index contributed by atoms with van der Waals surface area (Å²) in [5.41, 5.74) is 0.919. The number of benzene rings is 1. The van der Waals surface area contributed by atoms with E-state index >= 15 is 0 Å². The van der Waals surface area contributed by atoms with Crippen LogP contribution in [0.2, 0.25) is 5.02 Å². The van der Waals surface area contributed by atoms with Crippen LogP contribution < -0.4 is 5.32 Å². The third-order valence-corrected chi connectivity index (χ3v) is 4.58. The van der Waals surface area contributed by atoms with Crippen LogP contribution in [0, 0.1) is 6.92 Å². The van der Waals surface area contributed by atoms with Gasteiger partial charge in [0.25, 0.3) is 5.91 Å². The van der Waals surface area contributed by atoms with Crippen LogP contribution >= 0.6 is 11.6 Å². The number of furan rings is 1. The molecule has 1 aromatic carbocycles.